The van der Waals surface area contributed by atoms with Crippen LogP contribution in [0.2, 0.25) is 0 Å². The minimum absolute atomic E-state index is 0.593. The van der Waals surface area contributed by atoms with Crippen molar-refractivity contribution in [3.05, 3.63) is 46.1 Å². The van der Waals surface area contributed by atoms with Crippen molar-refractivity contribution in [2.75, 3.05) is 13.1 Å². The molecular weight excluding hydrogens is 325 g/mol. The fraction of sp³-hybridized carbons (Fsp3) is 0.308. The van der Waals surface area contributed by atoms with Gasteiger partial charge in [-0.05, 0) is 53.8 Å². The van der Waals surface area contributed by atoms with Crippen LogP contribution in [0.3, 0.4) is 0 Å². The Bertz CT molecular complexity index is 515. The molecule has 0 radical (unpaired) electrons. The van der Waals surface area contributed by atoms with E-state index < -0.39 is 0 Å². The van der Waals surface area contributed by atoms with E-state index in [4.69, 9.17) is 0 Å². The van der Waals surface area contributed by atoms with Gasteiger partial charge in [0.05, 0.1) is 6.33 Å². The van der Waals surface area contributed by atoms with E-state index in [1.807, 2.05) is 12.5 Å². The first-order valence-corrected chi connectivity index (χ1v) is 6.91. The zero-order valence-corrected chi connectivity index (χ0v) is 11.6. The minimum atomic E-state index is 0.593. The molecule has 0 spiro atoms. The summed E-state index contributed by atoms with van der Waals surface area (Å²) in [5.41, 5.74) is 2.52. The van der Waals surface area contributed by atoms with E-state index in [-0.39, 0.29) is 0 Å². The molecule has 3 nitrogen and oxygen atoms in total. The van der Waals surface area contributed by atoms with Gasteiger partial charge in [-0.2, -0.15) is 0 Å². The summed E-state index contributed by atoms with van der Waals surface area (Å²) in [6.07, 6.45) is 5.12. The standard InChI is InChI=1S/C13H14IN3/c14-11-2-1-3-12(6-11)17-9-16-8-13(17)10-4-5-15-7-10/h1-3,6,8-10,15H,4-5,7H2. The molecule has 1 aromatic carbocycles. The van der Waals surface area contributed by atoms with Gasteiger partial charge in [0.15, 0.2) is 0 Å². The lowest BCUT2D eigenvalue weighted by atomic mass is 10.1. The highest BCUT2D eigenvalue weighted by molar-refractivity contribution is 14.1. The van der Waals surface area contributed by atoms with Crippen LogP contribution in [0.15, 0.2) is 36.8 Å². The second kappa shape index (κ2) is 4.78. The Balaban J connectivity index is 2.00. The molecule has 1 aliphatic rings. The molecular formula is C13H14IN3. The van der Waals surface area contributed by atoms with Gasteiger partial charge in [-0.1, -0.05) is 6.07 Å². The number of aromatic nitrogens is 2. The first-order valence-electron chi connectivity index (χ1n) is 5.83. The van der Waals surface area contributed by atoms with Crippen molar-refractivity contribution in [2.45, 2.75) is 12.3 Å². The summed E-state index contributed by atoms with van der Waals surface area (Å²) >= 11 is 2.34. The van der Waals surface area contributed by atoms with Gasteiger partial charge in [-0.15, -0.1) is 0 Å². The van der Waals surface area contributed by atoms with Gasteiger partial charge in [-0.25, -0.2) is 4.98 Å². The van der Waals surface area contributed by atoms with Gasteiger partial charge in [0.2, 0.25) is 0 Å². The van der Waals surface area contributed by atoms with Crippen molar-refractivity contribution in [3.8, 4) is 5.69 Å². The molecule has 4 heteroatoms. The first kappa shape index (κ1) is 11.2. The van der Waals surface area contributed by atoms with E-state index in [0.717, 1.165) is 13.1 Å². The summed E-state index contributed by atoms with van der Waals surface area (Å²) in [5, 5.41) is 3.41. The molecule has 1 N–H and O–H groups in total. The van der Waals surface area contributed by atoms with Gasteiger partial charge >= 0.3 is 0 Å². The summed E-state index contributed by atoms with van der Waals surface area (Å²) < 4.78 is 3.46. The van der Waals surface area contributed by atoms with Gasteiger partial charge in [-0.3, -0.25) is 0 Å². The van der Waals surface area contributed by atoms with Crippen LogP contribution in [-0.4, -0.2) is 22.6 Å². The SMILES string of the molecule is Ic1cccc(-n2cncc2C2CCNC2)c1. The van der Waals surface area contributed by atoms with Crippen molar-refractivity contribution in [1.82, 2.24) is 14.9 Å². The van der Waals surface area contributed by atoms with Crippen molar-refractivity contribution < 1.29 is 0 Å². The second-order valence-corrected chi connectivity index (χ2v) is 5.60. The topological polar surface area (TPSA) is 29.9 Å². The van der Waals surface area contributed by atoms with Crippen LogP contribution < -0.4 is 5.32 Å². The molecule has 1 fully saturated rings. The Morgan fingerprint density at radius 2 is 2.35 bits per heavy atom. The van der Waals surface area contributed by atoms with Crippen LogP contribution in [0.5, 0.6) is 0 Å². The Kier molecular flexibility index (Phi) is 3.15. The third-order valence-corrected chi connectivity index (χ3v) is 3.90. The van der Waals surface area contributed by atoms with E-state index in [1.165, 1.54) is 21.4 Å². The minimum Gasteiger partial charge on any atom is -0.316 e. The van der Waals surface area contributed by atoms with Gasteiger partial charge in [0, 0.05) is 33.6 Å². The van der Waals surface area contributed by atoms with Crippen molar-refractivity contribution in [3.63, 3.8) is 0 Å². The monoisotopic (exact) mass is 339 g/mol. The zero-order chi connectivity index (χ0) is 11.7. The maximum Gasteiger partial charge on any atom is 0.0994 e. The molecule has 0 aliphatic carbocycles. The van der Waals surface area contributed by atoms with Crippen LogP contribution in [-0.2, 0) is 0 Å². The second-order valence-electron chi connectivity index (χ2n) is 4.36. The lowest BCUT2D eigenvalue weighted by Gasteiger charge is -2.13. The Hall–Kier alpha value is -0.880. The highest BCUT2D eigenvalue weighted by atomic mass is 127. The maximum absolute atomic E-state index is 4.31. The van der Waals surface area contributed by atoms with Gasteiger partial charge in [0.25, 0.3) is 0 Å². The molecule has 0 bridgehead atoms. The summed E-state index contributed by atoms with van der Waals surface area (Å²) in [4.78, 5) is 4.31. The number of nitrogens with one attached hydrogen (secondary N) is 1. The average molecular weight is 339 g/mol. The van der Waals surface area contributed by atoms with Gasteiger partial charge < -0.3 is 9.88 Å². The predicted molar refractivity (Wildman–Crippen MR) is 76.5 cm³/mol. The molecule has 1 atom stereocenters. The number of hydrogen-bond donors (Lipinski definition) is 1. The van der Waals surface area contributed by atoms with Crippen molar-refractivity contribution >= 4 is 22.6 Å². The third-order valence-electron chi connectivity index (χ3n) is 3.23. The zero-order valence-electron chi connectivity index (χ0n) is 9.44. The molecule has 2 heterocycles. The normalized spacial score (nSPS) is 19.7. The van der Waals surface area contributed by atoms with Crippen LogP contribution in [0, 0.1) is 3.57 Å². The van der Waals surface area contributed by atoms with Crippen molar-refractivity contribution in [1.29, 1.82) is 0 Å². The molecule has 17 heavy (non-hydrogen) atoms. The largest absolute Gasteiger partial charge is 0.316 e. The summed E-state index contributed by atoms with van der Waals surface area (Å²) in [6, 6.07) is 8.52. The molecule has 0 saturated carbocycles. The number of benzene rings is 1. The van der Waals surface area contributed by atoms with Crippen LogP contribution in [0.4, 0.5) is 0 Å². The van der Waals surface area contributed by atoms with E-state index in [2.05, 4.69) is 61.7 Å². The predicted octanol–water partition coefficient (Wildman–Crippen LogP) is 2.55. The Labute approximate surface area is 114 Å². The highest BCUT2D eigenvalue weighted by Gasteiger charge is 2.20. The number of hydrogen-bond acceptors (Lipinski definition) is 2. The summed E-state index contributed by atoms with van der Waals surface area (Å²) in [6.45, 7) is 2.18. The smallest absolute Gasteiger partial charge is 0.0994 e. The number of halogens is 1. The maximum atomic E-state index is 4.31. The van der Waals surface area contributed by atoms with Crippen molar-refractivity contribution in [2.24, 2.45) is 0 Å². The molecule has 3 rings (SSSR count). The molecule has 1 saturated heterocycles. The number of nitrogens with zero attached hydrogens (tertiary/aromatic N) is 2. The molecule has 0 amide bonds. The van der Waals surface area contributed by atoms with E-state index in [0.29, 0.717) is 5.92 Å². The fourth-order valence-electron chi connectivity index (χ4n) is 2.36. The lowest BCUT2D eigenvalue weighted by molar-refractivity contribution is 0.713. The lowest BCUT2D eigenvalue weighted by Crippen LogP contribution is -2.10. The molecule has 1 aliphatic heterocycles. The molecule has 2 aromatic rings. The van der Waals surface area contributed by atoms with E-state index in [9.17, 15) is 0 Å². The van der Waals surface area contributed by atoms with Crippen LogP contribution in [0.1, 0.15) is 18.0 Å². The molecule has 88 valence electrons. The molecule has 1 aromatic heterocycles. The quantitative estimate of drug-likeness (QED) is 0.853. The van der Waals surface area contributed by atoms with Crippen LogP contribution in [0.25, 0.3) is 5.69 Å². The summed E-state index contributed by atoms with van der Waals surface area (Å²) in [5.74, 6) is 0.593. The number of rotatable bonds is 2. The third kappa shape index (κ3) is 2.24. The Morgan fingerprint density at radius 1 is 1.41 bits per heavy atom. The highest BCUT2D eigenvalue weighted by Crippen LogP contribution is 2.25. The van der Waals surface area contributed by atoms with E-state index >= 15 is 0 Å². The van der Waals surface area contributed by atoms with Gasteiger partial charge in [0.1, 0.15) is 0 Å². The first-order chi connectivity index (χ1) is 8.34. The number of imidazole rings is 1. The van der Waals surface area contributed by atoms with Crippen LogP contribution >= 0.6 is 22.6 Å². The average Bonchev–Trinajstić information content (AvgIpc) is 3.00. The molecule has 1 unspecified atom stereocenters. The van der Waals surface area contributed by atoms with E-state index in [1.54, 1.807) is 0 Å². The summed E-state index contributed by atoms with van der Waals surface area (Å²) in [7, 11) is 0. The fourth-order valence-corrected chi connectivity index (χ4v) is 2.88. The Morgan fingerprint density at radius 3 is 3.12 bits per heavy atom.